The summed E-state index contributed by atoms with van der Waals surface area (Å²) in [6.07, 6.45) is 6.33. The van der Waals surface area contributed by atoms with Crippen LogP contribution in [0.4, 0.5) is 0 Å². The van der Waals surface area contributed by atoms with E-state index in [0.717, 1.165) is 37.0 Å². The van der Waals surface area contributed by atoms with Crippen LogP contribution < -0.4 is 0 Å². The topological polar surface area (TPSA) is 72.3 Å². The van der Waals surface area contributed by atoms with Crippen molar-refractivity contribution < 1.29 is 14.6 Å². The Kier molecular flexibility index (Phi) is 6.73. The van der Waals surface area contributed by atoms with Gasteiger partial charge >= 0.3 is 5.97 Å². The number of esters is 1. The van der Waals surface area contributed by atoms with Crippen molar-refractivity contribution in [2.24, 2.45) is 0 Å². The summed E-state index contributed by atoms with van der Waals surface area (Å²) in [6, 6.07) is 11.4. The number of carbonyl (C=O) groups excluding carboxylic acids is 1. The van der Waals surface area contributed by atoms with Crippen LogP contribution in [0.15, 0.2) is 41.3 Å². The highest BCUT2D eigenvalue weighted by molar-refractivity contribution is 7.99. The number of para-hydroxylation sites is 1. The highest BCUT2D eigenvalue weighted by Crippen LogP contribution is 2.36. The summed E-state index contributed by atoms with van der Waals surface area (Å²) in [7, 11) is 1.25. The van der Waals surface area contributed by atoms with Crippen molar-refractivity contribution in [2.75, 3.05) is 12.9 Å². The van der Waals surface area contributed by atoms with Crippen molar-refractivity contribution in [3.8, 4) is 17.6 Å². The molecule has 0 bridgehead atoms. The number of aromatic nitrogens is 2. The van der Waals surface area contributed by atoms with Crippen LogP contribution in [0.3, 0.4) is 0 Å². The van der Waals surface area contributed by atoms with E-state index in [4.69, 9.17) is 4.98 Å². The van der Waals surface area contributed by atoms with Gasteiger partial charge in [0.1, 0.15) is 11.4 Å². The second-order valence-corrected chi connectivity index (χ2v) is 8.51. The first kappa shape index (κ1) is 21.2. The van der Waals surface area contributed by atoms with Gasteiger partial charge in [-0.1, -0.05) is 24.1 Å². The zero-order chi connectivity index (χ0) is 21.6. The third-order valence-corrected chi connectivity index (χ3v) is 6.53. The van der Waals surface area contributed by atoms with Crippen molar-refractivity contribution in [3.05, 3.63) is 59.0 Å². The van der Waals surface area contributed by atoms with Gasteiger partial charge in [0, 0.05) is 22.4 Å². The first-order valence-electron chi connectivity index (χ1n) is 10.5. The standard InChI is InChI=1S/C25H24N2O3S/c1-30-25(29)23-22(28)15-14-17(26-23)9-3-2-8-16-31-24-18-10-4-6-12-20(18)27-21-13-7-5-11-19(21)24/h4,6,10,12,14-15,28H,2,5,7-8,11,13,16H2,1H3. The molecule has 1 aliphatic rings. The molecule has 5 nitrogen and oxygen atoms in total. The van der Waals surface area contributed by atoms with Crippen LogP contribution >= 0.6 is 11.8 Å². The number of aromatic hydroxyl groups is 1. The predicted octanol–water partition coefficient (Wildman–Crippen LogP) is 4.92. The number of unbranched alkanes of at least 4 members (excludes halogenated alkanes) is 1. The summed E-state index contributed by atoms with van der Waals surface area (Å²) in [5, 5.41) is 11.0. The number of hydrogen-bond donors (Lipinski definition) is 1. The van der Waals surface area contributed by atoms with E-state index in [1.165, 1.54) is 47.6 Å². The van der Waals surface area contributed by atoms with Gasteiger partial charge in [-0.25, -0.2) is 9.78 Å². The highest BCUT2D eigenvalue weighted by atomic mass is 32.2. The molecule has 3 aromatic rings. The van der Waals surface area contributed by atoms with Gasteiger partial charge in [-0.2, -0.15) is 0 Å². The monoisotopic (exact) mass is 432 g/mol. The van der Waals surface area contributed by atoms with E-state index in [2.05, 4.69) is 45.8 Å². The number of thioether (sulfide) groups is 1. The Hall–Kier alpha value is -3.04. The molecule has 6 heteroatoms. The van der Waals surface area contributed by atoms with Crippen molar-refractivity contribution in [3.63, 3.8) is 0 Å². The quantitative estimate of drug-likeness (QED) is 0.267. The molecule has 0 spiro atoms. The van der Waals surface area contributed by atoms with Gasteiger partial charge in [-0.05, 0) is 67.5 Å². The number of aryl methyl sites for hydroxylation is 1. The van der Waals surface area contributed by atoms with Gasteiger partial charge in [-0.15, -0.1) is 11.8 Å². The number of carbonyl (C=O) groups is 1. The smallest absolute Gasteiger partial charge is 0.360 e. The lowest BCUT2D eigenvalue weighted by Crippen LogP contribution is -2.07. The van der Waals surface area contributed by atoms with Gasteiger partial charge < -0.3 is 9.84 Å². The minimum atomic E-state index is -0.676. The fourth-order valence-electron chi connectivity index (χ4n) is 3.75. The molecular formula is C25H24N2O3S. The van der Waals surface area contributed by atoms with Crippen LogP contribution in [0.5, 0.6) is 5.75 Å². The molecule has 1 N–H and O–H groups in total. The SMILES string of the molecule is COC(=O)c1nc(C#CCCCSc2c3c(nc4ccccc24)CCCC3)ccc1O. The molecule has 0 fully saturated rings. The minimum absolute atomic E-state index is 0.112. The molecule has 31 heavy (non-hydrogen) atoms. The summed E-state index contributed by atoms with van der Waals surface area (Å²) in [4.78, 5) is 22.0. The molecule has 0 unspecified atom stereocenters. The fraction of sp³-hybridized carbons (Fsp3) is 0.320. The Morgan fingerprint density at radius 2 is 2.00 bits per heavy atom. The fourth-order valence-corrected chi connectivity index (χ4v) is 4.96. The number of ether oxygens (including phenoxy) is 1. The highest BCUT2D eigenvalue weighted by Gasteiger charge is 2.18. The van der Waals surface area contributed by atoms with Crippen LogP contribution in [-0.2, 0) is 17.6 Å². The number of fused-ring (bicyclic) bond motifs is 2. The Balaban J connectivity index is 1.41. The summed E-state index contributed by atoms with van der Waals surface area (Å²) < 4.78 is 4.62. The molecule has 0 radical (unpaired) electrons. The number of pyridine rings is 2. The molecule has 4 rings (SSSR count). The maximum atomic E-state index is 11.6. The summed E-state index contributed by atoms with van der Waals surface area (Å²) in [6.45, 7) is 0. The Morgan fingerprint density at radius 3 is 2.87 bits per heavy atom. The number of nitrogens with zero attached hydrogens (tertiary/aromatic N) is 2. The van der Waals surface area contributed by atoms with Gasteiger partial charge in [0.15, 0.2) is 5.69 Å². The molecule has 1 aromatic carbocycles. The Labute approximate surface area is 186 Å². The molecular weight excluding hydrogens is 408 g/mol. The van der Waals surface area contributed by atoms with Crippen LogP contribution in [-0.4, -0.2) is 33.9 Å². The first-order chi connectivity index (χ1) is 15.2. The van der Waals surface area contributed by atoms with E-state index in [0.29, 0.717) is 5.69 Å². The third-order valence-electron chi connectivity index (χ3n) is 5.28. The summed E-state index contributed by atoms with van der Waals surface area (Å²) in [5.41, 5.74) is 4.13. The lowest BCUT2D eigenvalue weighted by molar-refractivity contribution is 0.0590. The van der Waals surface area contributed by atoms with Crippen molar-refractivity contribution in [1.82, 2.24) is 9.97 Å². The largest absolute Gasteiger partial charge is 0.505 e. The molecule has 0 atom stereocenters. The Bertz CT molecular complexity index is 1180. The average molecular weight is 433 g/mol. The molecule has 0 aliphatic heterocycles. The van der Waals surface area contributed by atoms with Gasteiger partial charge in [-0.3, -0.25) is 4.98 Å². The van der Waals surface area contributed by atoms with E-state index >= 15 is 0 Å². The molecule has 158 valence electrons. The third kappa shape index (κ3) is 4.83. The van der Waals surface area contributed by atoms with Crippen molar-refractivity contribution in [1.29, 1.82) is 0 Å². The number of rotatable bonds is 5. The molecule has 0 saturated heterocycles. The maximum absolute atomic E-state index is 11.6. The van der Waals surface area contributed by atoms with Crippen LogP contribution in [0, 0.1) is 11.8 Å². The van der Waals surface area contributed by atoms with Crippen LogP contribution in [0.25, 0.3) is 10.9 Å². The normalized spacial score (nSPS) is 12.7. The second-order valence-electron chi connectivity index (χ2n) is 7.40. The molecule has 1 aliphatic carbocycles. The number of methoxy groups -OCH3 is 1. The van der Waals surface area contributed by atoms with E-state index in [1.54, 1.807) is 6.07 Å². The van der Waals surface area contributed by atoms with E-state index in [1.807, 2.05) is 11.8 Å². The predicted molar refractivity (Wildman–Crippen MR) is 122 cm³/mol. The van der Waals surface area contributed by atoms with Crippen molar-refractivity contribution in [2.45, 2.75) is 43.4 Å². The van der Waals surface area contributed by atoms with E-state index in [9.17, 15) is 9.90 Å². The summed E-state index contributed by atoms with van der Waals surface area (Å²) in [5.74, 6) is 6.18. The molecule has 2 aromatic heterocycles. The van der Waals surface area contributed by atoms with Crippen molar-refractivity contribution >= 4 is 28.6 Å². The minimum Gasteiger partial charge on any atom is -0.505 e. The van der Waals surface area contributed by atoms with Crippen LogP contribution in [0.2, 0.25) is 0 Å². The molecule has 0 saturated carbocycles. The lowest BCUT2D eigenvalue weighted by atomic mass is 9.94. The van der Waals surface area contributed by atoms with Gasteiger partial charge in [0.05, 0.1) is 12.6 Å². The second kappa shape index (κ2) is 9.84. The van der Waals surface area contributed by atoms with Crippen LogP contribution in [0.1, 0.15) is 53.1 Å². The van der Waals surface area contributed by atoms with E-state index in [-0.39, 0.29) is 11.4 Å². The zero-order valence-corrected chi connectivity index (χ0v) is 18.3. The molecule has 0 amide bonds. The Morgan fingerprint density at radius 1 is 1.16 bits per heavy atom. The lowest BCUT2D eigenvalue weighted by Gasteiger charge is -2.20. The first-order valence-corrected chi connectivity index (χ1v) is 11.5. The summed E-state index contributed by atoms with van der Waals surface area (Å²) >= 11 is 1.90. The van der Waals surface area contributed by atoms with Gasteiger partial charge in [0.2, 0.25) is 0 Å². The zero-order valence-electron chi connectivity index (χ0n) is 17.5. The maximum Gasteiger partial charge on any atom is 0.360 e. The number of hydrogen-bond acceptors (Lipinski definition) is 6. The number of benzene rings is 1. The van der Waals surface area contributed by atoms with Gasteiger partial charge in [0.25, 0.3) is 0 Å². The average Bonchev–Trinajstić information content (AvgIpc) is 2.81. The molecule has 2 heterocycles. The van der Waals surface area contributed by atoms with E-state index < -0.39 is 5.97 Å².